The maximum Gasteiger partial charge on any atom is 0.225 e. The van der Waals surface area contributed by atoms with Gasteiger partial charge in [-0.1, -0.05) is 18.2 Å². The number of rotatable bonds is 9. The molecule has 184 valence electrons. The predicted molar refractivity (Wildman–Crippen MR) is 133 cm³/mol. The second-order valence-electron chi connectivity index (χ2n) is 8.40. The Morgan fingerprint density at radius 3 is 2.74 bits per heavy atom. The second kappa shape index (κ2) is 11.6. The first-order valence-electron chi connectivity index (χ1n) is 12.1. The molecule has 3 aromatic rings. The quantitative estimate of drug-likeness (QED) is 0.484. The third-order valence-electron chi connectivity index (χ3n) is 5.91. The summed E-state index contributed by atoms with van der Waals surface area (Å²) in [5.74, 6) is 2.13. The molecule has 1 aliphatic rings. The third kappa shape index (κ3) is 6.26. The Labute approximate surface area is 205 Å². The fraction of sp³-hybridized carbons (Fsp3) is 0.370. The number of carbonyl (C=O) groups is 1. The number of ether oxygens (including phenoxy) is 2. The maximum absolute atomic E-state index is 13.6. The molecule has 1 fully saturated rings. The number of benzene rings is 2. The number of piperidine rings is 1. The molecule has 1 amide bonds. The summed E-state index contributed by atoms with van der Waals surface area (Å²) in [6.45, 7) is 6.75. The monoisotopic (exact) mass is 478 g/mol. The first kappa shape index (κ1) is 24.4. The van der Waals surface area contributed by atoms with E-state index in [0.29, 0.717) is 49.2 Å². The molecular weight excluding hydrogens is 447 g/mol. The third-order valence-corrected chi connectivity index (χ3v) is 5.91. The van der Waals surface area contributed by atoms with Crippen molar-refractivity contribution in [3.63, 3.8) is 0 Å². The number of hydrogen-bond acceptors (Lipinski definition) is 6. The highest BCUT2D eigenvalue weighted by Crippen LogP contribution is 2.29. The van der Waals surface area contributed by atoms with E-state index in [1.807, 2.05) is 38.1 Å². The van der Waals surface area contributed by atoms with Crippen LogP contribution < -0.4 is 19.7 Å². The molecule has 0 spiro atoms. The highest BCUT2D eigenvalue weighted by molar-refractivity contribution is 5.79. The molecule has 0 radical (unpaired) electrons. The van der Waals surface area contributed by atoms with Gasteiger partial charge in [0.2, 0.25) is 5.91 Å². The molecule has 2 heterocycles. The molecule has 0 saturated carbocycles. The van der Waals surface area contributed by atoms with Crippen LogP contribution in [0, 0.1) is 11.7 Å². The van der Waals surface area contributed by atoms with Crippen molar-refractivity contribution in [3.05, 3.63) is 66.1 Å². The molecule has 35 heavy (non-hydrogen) atoms. The van der Waals surface area contributed by atoms with Crippen molar-refractivity contribution in [1.82, 2.24) is 15.3 Å². The topological polar surface area (TPSA) is 76.6 Å². The van der Waals surface area contributed by atoms with Crippen LogP contribution in [-0.4, -0.2) is 42.2 Å². The molecule has 0 bridgehead atoms. The number of amides is 1. The van der Waals surface area contributed by atoms with E-state index >= 15 is 0 Å². The van der Waals surface area contributed by atoms with Gasteiger partial charge in [-0.2, -0.15) is 0 Å². The highest BCUT2D eigenvalue weighted by Gasteiger charge is 2.26. The van der Waals surface area contributed by atoms with Gasteiger partial charge in [0.05, 0.1) is 19.1 Å². The first-order chi connectivity index (χ1) is 17.1. The maximum atomic E-state index is 13.6. The Bertz CT molecular complexity index is 1160. The van der Waals surface area contributed by atoms with Gasteiger partial charge in [0.25, 0.3) is 0 Å². The summed E-state index contributed by atoms with van der Waals surface area (Å²) in [4.78, 5) is 24.0. The molecule has 1 aromatic heterocycles. The lowest BCUT2D eigenvalue weighted by Gasteiger charge is -2.33. The predicted octanol–water partition coefficient (Wildman–Crippen LogP) is 4.61. The van der Waals surface area contributed by atoms with E-state index in [1.54, 1.807) is 18.3 Å². The summed E-state index contributed by atoms with van der Waals surface area (Å²) in [5.41, 5.74) is 1.58. The summed E-state index contributed by atoms with van der Waals surface area (Å²) < 4.78 is 24.9. The summed E-state index contributed by atoms with van der Waals surface area (Å²) in [7, 11) is 0. The average Bonchev–Trinajstić information content (AvgIpc) is 2.89. The van der Waals surface area contributed by atoms with Gasteiger partial charge in [-0.15, -0.1) is 0 Å². The Morgan fingerprint density at radius 1 is 1.11 bits per heavy atom. The number of anilines is 1. The zero-order valence-electron chi connectivity index (χ0n) is 20.2. The molecule has 1 unspecified atom stereocenters. The molecule has 1 atom stereocenters. The smallest absolute Gasteiger partial charge is 0.225 e. The fourth-order valence-electron chi connectivity index (χ4n) is 4.23. The molecule has 1 aliphatic heterocycles. The van der Waals surface area contributed by atoms with Gasteiger partial charge in [0.15, 0.2) is 17.3 Å². The van der Waals surface area contributed by atoms with Gasteiger partial charge in [-0.05, 0) is 62.6 Å². The van der Waals surface area contributed by atoms with Crippen LogP contribution in [0.4, 0.5) is 10.2 Å². The molecule has 0 aliphatic carbocycles. The van der Waals surface area contributed by atoms with Crippen LogP contribution in [0.15, 0.2) is 54.7 Å². The summed E-state index contributed by atoms with van der Waals surface area (Å²) in [6.07, 6.45) is 3.38. The van der Waals surface area contributed by atoms with Crippen LogP contribution >= 0.6 is 0 Å². The van der Waals surface area contributed by atoms with Crippen molar-refractivity contribution >= 4 is 11.7 Å². The van der Waals surface area contributed by atoms with Gasteiger partial charge < -0.3 is 19.7 Å². The molecule has 7 nitrogen and oxygen atoms in total. The van der Waals surface area contributed by atoms with Crippen LogP contribution in [0.2, 0.25) is 0 Å². The number of nitrogens with one attached hydrogen (secondary N) is 1. The molecule has 4 rings (SSSR count). The first-order valence-corrected chi connectivity index (χ1v) is 12.1. The Kier molecular flexibility index (Phi) is 8.13. The molecule has 8 heteroatoms. The van der Waals surface area contributed by atoms with Gasteiger partial charge in [0, 0.05) is 31.4 Å². The lowest BCUT2D eigenvalue weighted by Crippen LogP contribution is -2.43. The van der Waals surface area contributed by atoms with Crippen LogP contribution in [0.1, 0.15) is 32.3 Å². The largest absolute Gasteiger partial charge is 0.490 e. The van der Waals surface area contributed by atoms with Gasteiger partial charge >= 0.3 is 0 Å². The normalized spacial score (nSPS) is 15.5. The number of hydrogen-bond donors (Lipinski definition) is 1. The van der Waals surface area contributed by atoms with E-state index in [2.05, 4.69) is 20.2 Å². The Morgan fingerprint density at radius 2 is 1.94 bits per heavy atom. The number of halogens is 1. The van der Waals surface area contributed by atoms with Crippen molar-refractivity contribution in [2.75, 3.05) is 31.2 Å². The van der Waals surface area contributed by atoms with Crippen LogP contribution in [0.3, 0.4) is 0 Å². The van der Waals surface area contributed by atoms with Crippen LogP contribution in [0.25, 0.3) is 11.4 Å². The van der Waals surface area contributed by atoms with Crippen LogP contribution in [-0.2, 0) is 11.3 Å². The zero-order chi connectivity index (χ0) is 24.6. The summed E-state index contributed by atoms with van der Waals surface area (Å²) in [5, 5.41) is 3.07. The van der Waals surface area contributed by atoms with Crippen molar-refractivity contribution in [2.45, 2.75) is 33.2 Å². The number of aromatic nitrogens is 2. The van der Waals surface area contributed by atoms with E-state index in [0.717, 1.165) is 30.8 Å². The van der Waals surface area contributed by atoms with E-state index in [1.165, 1.54) is 12.1 Å². The van der Waals surface area contributed by atoms with E-state index < -0.39 is 0 Å². The number of carbonyl (C=O) groups excluding carboxylic acids is 1. The van der Waals surface area contributed by atoms with Crippen LogP contribution in [0.5, 0.6) is 11.5 Å². The SMILES string of the molecule is CCOc1ccc(CNC(=O)C2CCCN(c3ccnc(-c4cccc(F)c4)n3)C2)cc1OCC. The standard InChI is InChI=1S/C27H31FN4O3/c1-3-34-23-11-10-19(15-24(23)35-4-2)17-30-27(33)21-8-6-14-32(18-21)25-12-13-29-26(31-25)20-7-5-9-22(28)16-20/h5,7,9-13,15-16,21H,3-4,6,8,14,17-18H2,1-2H3,(H,30,33). The minimum Gasteiger partial charge on any atom is -0.490 e. The highest BCUT2D eigenvalue weighted by atomic mass is 19.1. The van der Waals surface area contributed by atoms with E-state index in [4.69, 9.17) is 9.47 Å². The fourth-order valence-corrected chi connectivity index (χ4v) is 4.23. The lowest BCUT2D eigenvalue weighted by atomic mass is 9.97. The lowest BCUT2D eigenvalue weighted by molar-refractivity contribution is -0.125. The number of nitrogens with zero attached hydrogens (tertiary/aromatic N) is 3. The minimum atomic E-state index is -0.327. The average molecular weight is 479 g/mol. The second-order valence-corrected chi connectivity index (χ2v) is 8.40. The van der Waals surface area contributed by atoms with Gasteiger partial charge in [0.1, 0.15) is 11.6 Å². The zero-order valence-corrected chi connectivity index (χ0v) is 20.2. The van der Waals surface area contributed by atoms with Crippen molar-refractivity contribution in [1.29, 1.82) is 0 Å². The van der Waals surface area contributed by atoms with E-state index in [-0.39, 0.29) is 17.6 Å². The Hall–Kier alpha value is -3.68. The molecule has 2 aromatic carbocycles. The summed E-state index contributed by atoms with van der Waals surface area (Å²) >= 11 is 0. The van der Waals surface area contributed by atoms with Crippen molar-refractivity contribution in [3.8, 4) is 22.9 Å². The van der Waals surface area contributed by atoms with Gasteiger partial charge in [-0.3, -0.25) is 4.79 Å². The van der Waals surface area contributed by atoms with Crippen molar-refractivity contribution < 1.29 is 18.7 Å². The molecule has 1 N–H and O–H groups in total. The summed E-state index contributed by atoms with van der Waals surface area (Å²) in [6, 6.07) is 13.8. The Balaban J connectivity index is 1.39. The minimum absolute atomic E-state index is 0.0148. The molecule has 1 saturated heterocycles. The van der Waals surface area contributed by atoms with Gasteiger partial charge in [-0.25, -0.2) is 14.4 Å². The van der Waals surface area contributed by atoms with Crippen molar-refractivity contribution in [2.24, 2.45) is 5.92 Å². The molecular formula is C27H31FN4O3. The van der Waals surface area contributed by atoms with E-state index in [9.17, 15) is 9.18 Å².